The van der Waals surface area contributed by atoms with Crippen molar-refractivity contribution < 1.29 is 0 Å². The summed E-state index contributed by atoms with van der Waals surface area (Å²) in [6.07, 6.45) is 7.79. The summed E-state index contributed by atoms with van der Waals surface area (Å²) < 4.78 is 2.14. The van der Waals surface area contributed by atoms with Gasteiger partial charge < -0.3 is 4.40 Å². The van der Waals surface area contributed by atoms with Crippen LogP contribution in [0.1, 0.15) is 16.6 Å². The van der Waals surface area contributed by atoms with E-state index in [0.29, 0.717) is 6.04 Å². The summed E-state index contributed by atoms with van der Waals surface area (Å²) >= 11 is 1.84. The van der Waals surface area contributed by atoms with Gasteiger partial charge in [0.1, 0.15) is 0 Å². The van der Waals surface area contributed by atoms with Gasteiger partial charge >= 0.3 is 0 Å². The highest BCUT2D eigenvalue weighted by atomic mass is 32.1. The third kappa shape index (κ3) is 3.35. The Labute approximate surface area is 168 Å². The highest BCUT2D eigenvalue weighted by molar-refractivity contribution is 7.09. The number of nitrogens with zero attached hydrogens (tertiary/aromatic N) is 5. The maximum atomic E-state index is 4.82. The molecular formula is C22H23N5S. The molecular weight excluding hydrogens is 366 g/mol. The van der Waals surface area contributed by atoms with E-state index in [4.69, 9.17) is 4.98 Å². The van der Waals surface area contributed by atoms with Gasteiger partial charge in [-0.2, -0.15) is 0 Å². The molecule has 1 aliphatic heterocycles. The molecule has 0 aromatic carbocycles. The fraction of sp³-hybridized carbons (Fsp3) is 0.273. The summed E-state index contributed by atoms with van der Waals surface area (Å²) in [4.78, 5) is 15.5. The lowest BCUT2D eigenvalue weighted by atomic mass is 10.1. The lowest BCUT2D eigenvalue weighted by molar-refractivity contribution is 0.0899. The van der Waals surface area contributed by atoms with Crippen molar-refractivity contribution in [3.05, 3.63) is 77.3 Å². The summed E-state index contributed by atoms with van der Waals surface area (Å²) in [5.41, 5.74) is 4.62. The third-order valence-electron chi connectivity index (χ3n) is 5.56. The van der Waals surface area contributed by atoms with E-state index in [1.807, 2.05) is 29.9 Å². The van der Waals surface area contributed by atoms with Gasteiger partial charge in [-0.3, -0.25) is 14.8 Å². The Morgan fingerprint density at radius 3 is 2.89 bits per heavy atom. The van der Waals surface area contributed by atoms with Crippen molar-refractivity contribution >= 4 is 16.9 Å². The number of piperazine rings is 1. The molecule has 0 N–H and O–H groups in total. The molecule has 6 heteroatoms. The van der Waals surface area contributed by atoms with Crippen LogP contribution in [-0.2, 0) is 6.54 Å². The zero-order valence-electron chi connectivity index (χ0n) is 15.9. The van der Waals surface area contributed by atoms with Crippen LogP contribution in [0, 0.1) is 0 Å². The minimum absolute atomic E-state index is 0.308. The van der Waals surface area contributed by atoms with Crippen LogP contribution in [0.4, 0.5) is 0 Å². The van der Waals surface area contributed by atoms with Crippen LogP contribution in [0.3, 0.4) is 0 Å². The zero-order chi connectivity index (χ0) is 18.9. The topological polar surface area (TPSA) is 36.7 Å². The number of hydrogen-bond donors (Lipinski definition) is 0. The highest BCUT2D eigenvalue weighted by Gasteiger charge is 2.28. The number of pyridine rings is 2. The van der Waals surface area contributed by atoms with Gasteiger partial charge in [0.05, 0.1) is 23.6 Å². The van der Waals surface area contributed by atoms with Crippen LogP contribution in [0.2, 0.25) is 0 Å². The van der Waals surface area contributed by atoms with E-state index in [1.165, 1.54) is 10.4 Å². The average Bonchev–Trinajstić information content (AvgIpc) is 3.39. The predicted octanol–water partition coefficient (Wildman–Crippen LogP) is 3.95. The molecule has 0 aliphatic carbocycles. The van der Waals surface area contributed by atoms with Gasteiger partial charge in [0.2, 0.25) is 0 Å². The minimum atomic E-state index is 0.308. The van der Waals surface area contributed by atoms with Gasteiger partial charge in [-0.05, 0) is 36.2 Å². The Balaban J connectivity index is 1.43. The van der Waals surface area contributed by atoms with Crippen molar-refractivity contribution in [2.75, 3.05) is 26.7 Å². The van der Waals surface area contributed by atoms with Crippen LogP contribution >= 0.6 is 11.3 Å². The Kier molecular flexibility index (Phi) is 4.68. The lowest BCUT2D eigenvalue weighted by Gasteiger charge is -2.38. The second-order valence-electron chi connectivity index (χ2n) is 7.39. The molecule has 142 valence electrons. The van der Waals surface area contributed by atoms with E-state index in [0.717, 1.165) is 43.0 Å². The first-order valence-corrected chi connectivity index (χ1v) is 10.5. The van der Waals surface area contributed by atoms with E-state index in [-0.39, 0.29) is 0 Å². The monoisotopic (exact) mass is 389 g/mol. The van der Waals surface area contributed by atoms with Gasteiger partial charge in [0, 0.05) is 55.2 Å². The van der Waals surface area contributed by atoms with Crippen LogP contribution in [-0.4, -0.2) is 50.9 Å². The Morgan fingerprint density at radius 2 is 2.07 bits per heavy atom. The van der Waals surface area contributed by atoms with Gasteiger partial charge in [0.25, 0.3) is 0 Å². The first-order chi connectivity index (χ1) is 13.8. The molecule has 1 aliphatic rings. The smallest absolute Gasteiger partial charge is 0.0996 e. The van der Waals surface area contributed by atoms with Crippen LogP contribution in [0.15, 0.2) is 66.7 Å². The van der Waals surface area contributed by atoms with Crippen LogP contribution in [0.25, 0.3) is 16.6 Å². The first kappa shape index (κ1) is 17.6. The summed E-state index contributed by atoms with van der Waals surface area (Å²) in [7, 11) is 2.21. The van der Waals surface area contributed by atoms with Gasteiger partial charge in [-0.15, -0.1) is 11.3 Å². The van der Waals surface area contributed by atoms with Gasteiger partial charge in [0.15, 0.2) is 0 Å². The summed E-state index contributed by atoms with van der Waals surface area (Å²) in [5, 5.41) is 2.16. The standard InChI is InChI=1S/C22H23N5S/c1-25-9-10-26(14-19-5-3-11-28-19)15-21(25)22-20-7-6-18(13-27(20)16-24-22)17-4-2-8-23-12-17/h2-8,11-13,16,21H,9-10,14-15H2,1H3. The normalized spacial score (nSPS) is 18.7. The molecule has 0 bridgehead atoms. The molecule has 5 heterocycles. The third-order valence-corrected chi connectivity index (χ3v) is 6.42. The highest BCUT2D eigenvalue weighted by Crippen LogP contribution is 2.29. The molecule has 5 rings (SSSR count). The van der Waals surface area contributed by atoms with Crippen molar-refractivity contribution in [1.82, 2.24) is 24.2 Å². The van der Waals surface area contributed by atoms with Crippen LogP contribution in [0.5, 0.6) is 0 Å². The number of thiophene rings is 1. The molecule has 0 amide bonds. The quantitative estimate of drug-likeness (QED) is 0.530. The van der Waals surface area contributed by atoms with Crippen molar-refractivity contribution in [1.29, 1.82) is 0 Å². The fourth-order valence-corrected chi connectivity index (χ4v) is 4.72. The predicted molar refractivity (Wildman–Crippen MR) is 113 cm³/mol. The zero-order valence-corrected chi connectivity index (χ0v) is 16.7. The Hall–Kier alpha value is -2.54. The number of imidazole rings is 1. The van der Waals surface area contributed by atoms with E-state index in [9.17, 15) is 0 Å². The van der Waals surface area contributed by atoms with Crippen molar-refractivity contribution in [2.24, 2.45) is 0 Å². The summed E-state index contributed by atoms with van der Waals surface area (Å²) in [6, 6.07) is 13.1. The van der Waals surface area contributed by atoms with E-state index >= 15 is 0 Å². The molecule has 4 aromatic heterocycles. The number of likely N-dealkylation sites (N-methyl/N-ethyl adjacent to an activating group) is 1. The Bertz CT molecular complexity index is 1060. The van der Waals surface area contributed by atoms with E-state index < -0.39 is 0 Å². The molecule has 5 nitrogen and oxygen atoms in total. The van der Waals surface area contributed by atoms with Gasteiger partial charge in [-0.1, -0.05) is 18.2 Å². The van der Waals surface area contributed by atoms with Crippen molar-refractivity contribution in [2.45, 2.75) is 12.6 Å². The molecule has 1 fully saturated rings. The SMILES string of the molecule is CN1CCN(Cc2cccs2)CC1c1ncn2cc(-c3cccnc3)ccc12. The molecule has 1 atom stereocenters. The van der Waals surface area contributed by atoms with E-state index in [2.05, 4.69) is 68.1 Å². The number of rotatable bonds is 4. The lowest BCUT2D eigenvalue weighted by Crippen LogP contribution is -2.46. The average molecular weight is 390 g/mol. The summed E-state index contributed by atoms with van der Waals surface area (Å²) in [6.45, 7) is 4.19. The number of hydrogen-bond acceptors (Lipinski definition) is 5. The molecule has 4 aromatic rings. The van der Waals surface area contributed by atoms with Crippen LogP contribution < -0.4 is 0 Å². The molecule has 0 saturated carbocycles. The largest absolute Gasteiger partial charge is 0.305 e. The maximum Gasteiger partial charge on any atom is 0.0996 e. The van der Waals surface area contributed by atoms with Crippen molar-refractivity contribution in [3.8, 4) is 11.1 Å². The molecule has 0 spiro atoms. The molecule has 0 radical (unpaired) electrons. The molecule has 1 saturated heterocycles. The molecule has 1 unspecified atom stereocenters. The minimum Gasteiger partial charge on any atom is -0.305 e. The van der Waals surface area contributed by atoms with Gasteiger partial charge in [-0.25, -0.2) is 4.98 Å². The fourth-order valence-electron chi connectivity index (χ4n) is 3.97. The van der Waals surface area contributed by atoms with Crippen molar-refractivity contribution in [3.63, 3.8) is 0 Å². The number of fused-ring (bicyclic) bond motifs is 1. The summed E-state index contributed by atoms with van der Waals surface area (Å²) in [5.74, 6) is 0. The molecule has 28 heavy (non-hydrogen) atoms. The second-order valence-corrected chi connectivity index (χ2v) is 8.42. The van der Waals surface area contributed by atoms with E-state index in [1.54, 1.807) is 6.20 Å². The maximum absolute atomic E-state index is 4.82. The second kappa shape index (κ2) is 7.47. The first-order valence-electron chi connectivity index (χ1n) is 9.60. The Morgan fingerprint density at radius 1 is 1.11 bits per heavy atom. The number of aromatic nitrogens is 3.